The van der Waals surface area contributed by atoms with Crippen LogP contribution in [0.25, 0.3) is 0 Å². The number of amides is 1. The Kier molecular flexibility index (Phi) is 4.88. The van der Waals surface area contributed by atoms with Gasteiger partial charge < -0.3 is 10.2 Å². The molecule has 1 atom stereocenters. The molecule has 1 aliphatic carbocycles. The summed E-state index contributed by atoms with van der Waals surface area (Å²) in [7, 11) is 0. The van der Waals surface area contributed by atoms with Gasteiger partial charge in [0.25, 0.3) is 0 Å². The standard InChI is InChI=1S/C16H30N2O/c1-13(2)18(12-14-8-4-7-11-17-14)15(19)16(3)9-5-6-10-16/h13-14,17H,4-12H2,1-3H3. The molecule has 1 N–H and O–H groups in total. The summed E-state index contributed by atoms with van der Waals surface area (Å²) in [4.78, 5) is 15.0. The zero-order valence-corrected chi connectivity index (χ0v) is 12.9. The number of rotatable bonds is 4. The van der Waals surface area contributed by atoms with Gasteiger partial charge in [0.1, 0.15) is 0 Å². The number of hydrogen-bond donors (Lipinski definition) is 1. The van der Waals surface area contributed by atoms with Crippen LogP contribution in [0.4, 0.5) is 0 Å². The lowest BCUT2D eigenvalue weighted by atomic mass is 9.86. The molecule has 110 valence electrons. The lowest BCUT2D eigenvalue weighted by molar-refractivity contribution is -0.143. The van der Waals surface area contributed by atoms with Crippen LogP contribution in [0.3, 0.4) is 0 Å². The molecule has 0 aromatic heterocycles. The van der Waals surface area contributed by atoms with Crippen molar-refractivity contribution in [2.45, 2.75) is 77.8 Å². The molecule has 1 aliphatic heterocycles. The summed E-state index contributed by atoms with van der Waals surface area (Å²) in [5.41, 5.74) is -0.0844. The highest BCUT2D eigenvalue weighted by Gasteiger charge is 2.40. The molecule has 1 unspecified atom stereocenters. The SMILES string of the molecule is CC(C)N(CC1CCCCN1)C(=O)C1(C)CCCC1. The van der Waals surface area contributed by atoms with Gasteiger partial charge in [-0.05, 0) is 46.1 Å². The third kappa shape index (κ3) is 3.50. The van der Waals surface area contributed by atoms with E-state index in [0.717, 1.165) is 25.9 Å². The topological polar surface area (TPSA) is 32.3 Å². The fourth-order valence-corrected chi connectivity index (χ4v) is 3.56. The summed E-state index contributed by atoms with van der Waals surface area (Å²) < 4.78 is 0. The first-order valence-corrected chi connectivity index (χ1v) is 8.07. The van der Waals surface area contributed by atoms with Crippen molar-refractivity contribution < 1.29 is 4.79 Å². The van der Waals surface area contributed by atoms with Crippen LogP contribution in [0, 0.1) is 5.41 Å². The Hall–Kier alpha value is -0.570. The van der Waals surface area contributed by atoms with Crippen molar-refractivity contribution in [3.05, 3.63) is 0 Å². The van der Waals surface area contributed by atoms with E-state index in [1.54, 1.807) is 0 Å². The van der Waals surface area contributed by atoms with Crippen LogP contribution in [0.15, 0.2) is 0 Å². The summed E-state index contributed by atoms with van der Waals surface area (Å²) in [6, 6.07) is 0.818. The largest absolute Gasteiger partial charge is 0.338 e. The molecule has 0 bridgehead atoms. The summed E-state index contributed by atoms with van der Waals surface area (Å²) in [5, 5.41) is 3.57. The van der Waals surface area contributed by atoms with Crippen molar-refractivity contribution in [1.29, 1.82) is 0 Å². The summed E-state index contributed by atoms with van der Waals surface area (Å²) >= 11 is 0. The smallest absolute Gasteiger partial charge is 0.228 e. The van der Waals surface area contributed by atoms with Gasteiger partial charge in [0.2, 0.25) is 5.91 Å². The highest BCUT2D eigenvalue weighted by atomic mass is 16.2. The fraction of sp³-hybridized carbons (Fsp3) is 0.938. The minimum absolute atomic E-state index is 0.0844. The molecule has 1 amide bonds. The first-order chi connectivity index (χ1) is 9.03. The molecule has 2 fully saturated rings. The van der Waals surface area contributed by atoms with E-state index in [2.05, 4.69) is 31.0 Å². The van der Waals surface area contributed by atoms with E-state index in [1.807, 2.05) is 0 Å². The second-order valence-electron chi connectivity index (χ2n) is 6.97. The van der Waals surface area contributed by atoms with E-state index in [9.17, 15) is 4.79 Å². The third-order valence-electron chi connectivity index (χ3n) is 4.94. The van der Waals surface area contributed by atoms with E-state index in [1.165, 1.54) is 32.1 Å². The predicted octanol–water partition coefficient (Wildman–Crippen LogP) is 2.95. The molecule has 0 radical (unpaired) electrons. The number of piperidine rings is 1. The molecule has 0 aromatic carbocycles. The van der Waals surface area contributed by atoms with E-state index in [0.29, 0.717) is 18.0 Å². The van der Waals surface area contributed by atoms with Gasteiger partial charge in [-0.25, -0.2) is 0 Å². The Morgan fingerprint density at radius 2 is 1.95 bits per heavy atom. The first-order valence-electron chi connectivity index (χ1n) is 8.07. The average Bonchev–Trinajstić information content (AvgIpc) is 2.84. The average molecular weight is 266 g/mol. The molecule has 3 nitrogen and oxygen atoms in total. The minimum Gasteiger partial charge on any atom is -0.338 e. The maximum Gasteiger partial charge on any atom is 0.228 e. The Balaban J connectivity index is 2.00. The number of carbonyl (C=O) groups is 1. The molecule has 2 aliphatic rings. The van der Waals surface area contributed by atoms with Crippen molar-refractivity contribution in [2.24, 2.45) is 5.41 Å². The molecule has 2 rings (SSSR count). The van der Waals surface area contributed by atoms with Crippen LogP contribution in [0.1, 0.15) is 65.7 Å². The monoisotopic (exact) mass is 266 g/mol. The Labute approximate surface area is 118 Å². The Bertz CT molecular complexity index is 302. The molecular formula is C16H30N2O. The predicted molar refractivity (Wildman–Crippen MR) is 79.1 cm³/mol. The lowest BCUT2D eigenvalue weighted by Crippen LogP contribution is -2.51. The van der Waals surface area contributed by atoms with Crippen LogP contribution in [0.2, 0.25) is 0 Å². The fourth-order valence-electron chi connectivity index (χ4n) is 3.56. The zero-order chi connectivity index (χ0) is 13.9. The highest BCUT2D eigenvalue weighted by Crippen LogP contribution is 2.39. The number of nitrogens with one attached hydrogen (secondary N) is 1. The second-order valence-corrected chi connectivity index (χ2v) is 6.97. The van der Waals surface area contributed by atoms with Crippen molar-refractivity contribution >= 4 is 5.91 Å². The molecular weight excluding hydrogens is 236 g/mol. The van der Waals surface area contributed by atoms with Crippen LogP contribution < -0.4 is 5.32 Å². The van der Waals surface area contributed by atoms with Gasteiger partial charge in [0, 0.05) is 24.0 Å². The normalized spacial score (nSPS) is 26.6. The van der Waals surface area contributed by atoms with Crippen LogP contribution >= 0.6 is 0 Å². The molecule has 0 spiro atoms. The highest BCUT2D eigenvalue weighted by molar-refractivity contribution is 5.83. The van der Waals surface area contributed by atoms with Crippen LogP contribution in [-0.4, -0.2) is 36.0 Å². The Morgan fingerprint density at radius 1 is 1.26 bits per heavy atom. The van der Waals surface area contributed by atoms with Gasteiger partial charge in [-0.2, -0.15) is 0 Å². The maximum atomic E-state index is 12.9. The molecule has 19 heavy (non-hydrogen) atoms. The van der Waals surface area contributed by atoms with Gasteiger partial charge in [-0.1, -0.05) is 26.2 Å². The number of nitrogens with zero attached hydrogens (tertiary/aromatic N) is 1. The van der Waals surface area contributed by atoms with Gasteiger partial charge in [-0.15, -0.1) is 0 Å². The van der Waals surface area contributed by atoms with E-state index < -0.39 is 0 Å². The summed E-state index contributed by atoms with van der Waals surface area (Å²) in [6.45, 7) is 8.48. The summed E-state index contributed by atoms with van der Waals surface area (Å²) in [5.74, 6) is 0.396. The number of hydrogen-bond acceptors (Lipinski definition) is 2. The van der Waals surface area contributed by atoms with Crippen LogP contribution in [-0.2, 0) is 4.79 Å². The maximum absolute atomic E-state index is 12.9. The molecule has 1 saturated carbocycles. The first kappa shape index (κ1) is 14.8. The van der Waals surface area contributed by atoms with Crippen molar-refractivity contribution in [3.8, 4) is 0 Å². The van der Waals surface area contributed by atoms with Crippen molar-refractivity contribution in [1.82, 2.24) is 10.2 Å². The van der Waals surface area contributed by atoms with Gasteiger partial charge in [0.15, 0.2) is 0 Å². The van der Waals surface area contributed by atoms with E-state index in [4.69, 9.17) is 0 Å². The third-order valence-corrected chi connectivity index (χ3v) is 4.94. The molecule has 1 heterocycles. The molecule has 3 heteroatoms. The second kappa shape index (κ2) is 6.25. The van der Waals surface area contributed by atoms with E-state index in [-0.39, 0.29) is 5.41 Å². The van der Waals surface area contributed by atoms with Crippen LogP contribution in [0.5, 0.6) is 0 Å². The number of carbonyl (C=O) groups excluding carboxylic acids is 1. The molecule has 1 saturated heterocycles. The Morgan fingerprint density at radius 3 is 2.47 bits per heavy atom. The minimum atomic E-state index is -0.0844. The lowest BCUT2D eigenvalue weighted by Gasteiger charge is -2.38. The molecule has 0 aromatic rings. The van der Waals surface area contributed by atoms with Gasteiger partial charge in [-0.3, -0.25) is 4.79 Å². The van der Waals surface area contributed by atoms with Gasteiger partial charge in [0.05, 0.1) is 0 Å². The summed E-state index contributed by atoms with van der Waals surface area (Å²) in [6.07, 6.45) is 8.39. The zero-order valence-electron chi connectivity index (χ0n) is 12.9. The van der Waals surface area contributed by atoms with Crippen molar-refractivity contribution in [2.75, 3.05) is 13.1 Å². The quantitative estimate of drug-likeness (QED) is 0.848. The van der Waals surface area contributed by atoms with Gasteiger partial charge >= 0.3 is 0 Å². The van der Waals surface area contributed by atoms with E-state index >= 15 is 0 Å². The van der Waals surface area contributed by atoms with Crippen molar-refractivity contribution in [3.63, 3.8) is 0 Å².